The van der Waals surface area contributed by atoms with Gasteiger partial charge < -0.3 is 10.4 Å². The van der Waals surface area contributed by atoms with Gasteiger partial charge in [0, 0.05) is 12.1 Å². The van der Waals surface area contributed by atoms with Crippen LogP contribution >= 0.6 is 0 Å². The third kappa shape index (κ3) is 2.88. The van der Waals surface area contributed by atoms with Crippen molar-refractivity contribution < 1.29 is 5.11 Å². The van der Waals surface area contributed by atoms with Gasteiger partial charge in [-0.25, -0.2) is 0 Å². The molecule has 1 atom stereocenters. The number of aliphatic hydroxyl groups excluding tert-OH is 1. The molecule has 0 radical (unpaired) electrons. The van der Waals surface area contributed by atoms with E-state index in [1.807, 2.05) is 0 Å². The van der Waals surface area contributed by atoms with Crippen molar-refractivity contribution in [2.24, 2.45) is 0 Å². The molecule has 1 aromatic carbocycles. The molecule has 0 bridgehead atoms. The zero-order chi connectivity index (χ0) is 12.3. The molecule has 0 unspecified atom stereocenters. The van der Waals surface area contributed by atoms with Gasteiger partial charge in [-0.1, -0.05) is 31.2 Å². The van der Waals surface area contributed by atoms with Crippen molar-refractivity contribution in [1.82, 2.24) is 5.32 Å². The number of aryl methyl sites for hydroxylation is 1. The van der Waals surface area contributed by atoms with Crippen LogP contribution in [0.15, 0.2) is 24.3 Å². The molecule has 0 amide bonds. The monoisotopic (exact) mass is 233 g/mol. The van der Waals surface area contributed by atoms with E-state index in [-0.39, 0.29) is 12.6 Å². The Hall–Kier alpha value is -0.860. The molecule has 1 saturated carbocycles. The van der Waals surface area contributed by atoms with Crippen LogP contribution in [0.4, 0.5) is 0 Å². The van der Waals surface area contributed by atoms with Gasteiger partial charge in [-0.3, -0.25) is 0 Å². The van der Waals surface area contributed by atoms with Crippen LogP contribution in [-0.4, -0.2) is 23.8 Å². The highest BCUT2D eigenvalue weighted by molar-refractivity contribution is 5.31. The van der Waals surface area contributed by atoms with E-state index in [1.165, 1.54) is 24.0 Å². The number of benzene rings is 1. The summed E-state index contributed by atoms with van der Waals surface area (Å²) in [6.07, 6.45) is 3.42. The Balaban J connectivity index is 1.85. The molecule has 0 aromatic heterocycles. The predicted molar refractivity (Wildman–Crippen MR) is 71.2 cm³/mol. The molecule has 1 aliphatic rings. The Bertz CT molecular complexity index is 354. The number of hydrogen-bond donors (Lipinski definition) is 2. The summed E-state index contributed by atoms with van der Waals surface area (Å²) in [7, 11) is 0. The lowest BCUT2D eigenvalue weighted by molar-refractivity contribution is 0.193. The smallest absolute Gasteiger partial charge is 0.0584 e. The first kappa shape index (κ1) is 12.6. The number of hydrogen-bond acceptors (Lipinski definition) is 2. The summed E-state index contributed by atoms with van der Waals surface area (Å²) in [4.78, 5) is 0. The largest absolute Gasteiger partial charge is 0.395 e. The molecule has 1 fully saturated rings. The zero-order valence-electron chi connectivity index (χ0n) is 10.8. The van der Waals surface area contributed by atoms with Gasteiger partial charge in [-0.15, -0.1) is 0 Å². The van der Waals surface area contributed by atoms with E-state index in [0.717, 1.165) is 6.42 Å². The summed E-state index contributed by atoms with van der Waals surface area (Å²) in [5, 5.41) is 12.7. The van der Waals surface area contributed by atoms with E-state index >= 15 is 0 Å². The van der Waals surface area contributed by atoms with Crippen LogP contribution in [-0.2, 0) is 0 Å². The predicted octanol–water partition coefficient (Wildman–Crippen LogP) is 2.60. The molecular weight excluding hydrogens is 210 g/mol. The number of rotatable bonds is 5. The van der Waals surface area contributed by atoms with Gasteiger partial charge >= 0.3 is 0 Å². The summed E-state index contributed by atoms with van der Waals surface area (Å²) in [5.41, 5.74) is 2.91. The highest BCUT2D eigenvalue weighted by atomic mass is 16.3. The van der Waals surface area contributed by atoms with Crippen molar-refractivity contribution in [1.29, 1.82) is 0 Å². The molecule has 0 heterocycles. The molecule has 2 rings (SSSR count). The lowest BCUT2D eigenvalue weighted by Crippen LogP contribution is -2.46. The normalized spacial score (nSPS) is 25.4. The maximum atomic E-state index is 9.16. The van der Waals surface area contributed by atoms with E-state index in [9.17, 15) is 0 Å². The highest BCUT2D eigenvalue weighted by Gasteiger charge is 2.31. The van der Waals surface area contributed by atoms with Gasteiger partial charge in [0.2, 0.25) is 0 Å². The molecule has 1 aliphatic carbocycles. The topological polar surface area (TPSA) is 32.3 Å². The summed E-state index contributed by atoms with van der Waals surface area (Å²) < 4.78 is 0. The van der Waals surface area contributed by atoms with Crippen molar-refractivity contribution in [3.63, 3.8) is 0 Å². The Labute approximate surface area is 104 Å². The van der Waals surface area contributed by atoms with Crippen molar-refractivity contribution in [3.8, 4) is 0 Å². The quantitative estimate of drug-likeness (QED) is 0.819. The second kappa shape index (κ2) is 5.65. The van der Waals surface area contributed by atoms with Gasteiger partial charge in [0.25, 0.3) is 0 Å². The van der Waals surface area contributed by atoms with Gasteiger partial charge in [-0.05, 0) is 43.2 Å². The van der Waals surface area contributed by atoms with Crippen LogP contribution in [0.3, 0.4) is 0 Å². The van der Waals surface area contributed by atoms with Gasteiger partial charge in [0.05, 0.1) is 6.61 Å². The van der Waals surface area contributed by atoms with Crippen LogP contribution < -0.4 is 5.32 Å². The Morgan fingerprint density at radius 2 is 2.06 bits per heavy atom. The standard InChI is InChI=1S/C15H23NO/c1-3-13(10-17)16-14-8-12(9-14)15-7-5-4-6-11(15)2/h4-7,12-14,16-17H,3,8-10H2,1-2H3/t12?,13-,14?/m1/s1. The lowest BCUT2D eigenvalue weighted by atomic mass is 9.74. The third-order valence-electron chi connectivity index (χ3n) is 3.95. The minimum Gasteiger partial charge on any atom is -0.395 e. The first-order valence-corrected chi connectivity index (χ1v) is 6.67. The summed E-state index contributed by atoms with van der Waals surface area (Å²) in [6, 6.07) is 9.55. The minimum atomic E-state index is 0.252. The second-order valence-corrected chi connectivity index (χ2v) is 5.18. The molecular formula is C15H23NO. The third-order valence-corrected chi connectivity index (χ3v) is 3.95. The number of nitrogens with one attached hydrogen (secondary N) is 1. The first-order chi connectivity index (χ1) is 8.24. The van der Waals surface area contributed by atoms with Crippen LogP contribution in [0.2, 0.25) is 0 Å². The van der Waals surface area contributed by atoms with Crippen LogP contribution in [0.25, 0.3) is 0 Å². The van der Waals surface area contributed by atoms with Crippen molar-refractivity contribution in [2.75, 3.05) is 6.61 Å². The van der Waals surface area contributed by atoms with Crippen molar-refractivity contribution in [3.05, 3.63) is 35.4 Å². The van der Waals surface area contributed by atoms with Crippen LogP contribution in [0.5, 0.6) is 0 Å². The lowest BCUT2D eigenvalue weighted by Gasteiger charge is -2.39. The maximum absolute atomic E-state index is 9.16. The average Bonchev–Trinajstić information content (AvgIpc) is 2.30. The fraction of sp³-hybridized carbons (Fsp3) is 0.600. The average molecular weight is 233 g/mol. The van der Waals surface area contributed by atoms with E-state index < -0.39 is 0 Å². The molecule has 1 aromatic rings. The summed E-state index contributed by atoms with van der Waals surface area (Å²) in [6.45, 7) is 4.56. The van der Waals surface area contributed by atoms with Crippen molar-refractivity contribution in [2.45, 2.75) is 51.1 Å². The molecule has 2 nitrogen and oxygen atoms in total. The van der Waals surface area contributed by atoms with E-state index in [2.05, 4.69) is 43.4 Å². The molecule has 0 spiro atoms. The van der Waals surface area contributed by atoms with Crippen molar-refractivity contribution >= 4 is 0 Å². The maximum Gasteiger partial charge on any atom is 0.0584 e. The van der Waals surface area contributed by atoms with Gasteiger partial charge in [0.1, 0.15) is 0 Å². The molecule has 0 saturated heterocycles. The van der Waals surface area contributed by atoms with E-state index in [0.29, 0.717) is 12.0 Å². The first-order valence-electron chi connectivity index (χ1n) is 6.67. The van der Waals surface area contributed by atoms with E-state index in [4.69, 9.17) is 5.11 Å². The number of aliphatic hydroxyl groups is 1. The zero-order valence-corrected chi connectivity index (χ0v) is 10.8. The van der Waals surface area contributed by atoms with Gasteiger partial charge in [0.15, 0.2) is 0 Å². The highest BCUT2D eigenvalue weighted by Crippen LogP contribution is 2.38. The summed E-state index contributed by atoms with van der Waals surface area (Å²) >= 11 is 0. The Kier molecular flexibility index (Phi) is 4.19. The molecule has 94 valence electrons. The molecule has 2 N–H and O–H groups in total. The van der Waals surface area contributed by atoms with Crippen LogP contribution in [0, 0.1) is 6.92 Å². The fourth-order valence-electron chi connectivity index (χ4n) is 2.69. The van der Waals surface area contributed by atoms with Gasteiger partial charge in [-0.2, -0.15) is 0 Å². The molecule has 17 heavy (non-hydrogen) atoms. The summed E-state index contributed by atoms with van der Waals surface area (Å²) in [5.74, 6) is 0.713. The van der Waals surface area contributed by atoms with E-state index in [1.54, 1.807) is 0 Å². The Morgan fingerprint density at radius 3 is 2.65 bits per heavy atom. The molecule has 2 heteroatoms. The SMILES string of the molecule is CC[C@H](CO)NC1CC(c2ccccc2C)C1. The van der Waals surface area contributed by atoms with Crippen LogP contribution in [0.1, 0.15) is 43.2 Å². The Morgan fingerprint density at radius 1 is 1.35 bits per heavy atom. The fourth-order valence-corrected chi connectivity index (χ4v) is 2.69. The minimum absolute atomic E-state index is 0.252. The second-order valence-electron chi connectivity index (χ2n) is 5.18. The molecule has 0 aliphatic heterocycles.